The number of benzene rings is 3. The van der Waals surface area contributed by atoms with Gasteiger partial charge < -0.3 is 20.4 Å². The normalized spacial score (nSPS) is 14.8. The van der Waals surface area contributed by atoms with Gasteiger partial charge in [-0.3, -0.25) is 14.4 Å². The van der Waals surface area contributed by atoms with Gasteiger partial charge in [0.2, 0.25) is 11.8 Å². The van der Waals surface area contributed by atoms with Gasteiger partial charge in [-0.15, -0.1) is 0 Å². The Bertz CT molecular complexity index is 1320. The minimum absolute atomic E-state index is 0.177. The maximum atomic E-state index is 14.1. The van der Waals surface area contributed by atoms with Gasteiger partial charge in [-0.25, -0.2) is 0 Å². The number of carbonyl (C=O) groups excluding carboxylic acids is 3. The van der Waals surface area contributed by atoms with Gasteiger partial charge in [0.15, 0.2) is 0 Å². The Hall–Kier alpha value is -3.97. The summed E-state index contributed by atoms with van der Waals surface area (Å²) in [5, 5.41) is 8.12. The highest BCUT2D eigenvalue weighted by Gasteiger charge is 2.35. The topological polar surface area (TPSA) is 81.8 Å². The summed E-state index contributed by atoms with van der Waals surface area (Å²) in [6.07, 6.45) is 3.42. The van der Waals surface area contributed by atoms with Gasteiger partial charge in [-0.05, 0) is 34.9 Å². The first-order chi connectivity index (χ1) is 18.4. The second-order valence-electron chi connectivity index (χ2n) is 9.78. The second-order valence-corrected chi connectivity index (χ2v) is 9.78. The van der Waals surface area contributed by atoms with Crippen molar-refractivity contribution in [2.45, 2.75) is 31.3 Å². The molecule has 0 unspecified atom stereocenters. The molecule has 0 aliphatic carbocycles. The van der Waals surface area contributed by atoms with E-state index >= 15 is 0 Å². The van der Waals surface area contributed by atoms with Gasteiger partial charge in [0.1, 0.15) is 12.1 Å². The Morgan fingerprint density at radius 2 is 1.53 bits per heavy atom. The summed E-state index contributed by atoms with van der Waals surface area (Å²) in [5.41, 5.74) is 2.56. The summed E-state index contributed by atoms with van der Waals surface area (Å²) in [6, 6.07) is 22.3. The molecule has 0 spiro atoms. The Morgan fingerprint density at radius 3 is 2.21 bits per heavy atom. The molecule has 7 heteroatoms. The van der Waals surface area contributed by atoms with E-state index in [1.807, 2.05) is 72.8 Å². The summed E-state index contributed by atoms with van der Waals surface area (Å²) in [4.78, 5) is 43.6. The molecule has 3 aromatic rings. The van der Waals surface area contributed by atoms with Gasteiger partial charge in [-0.1, -0.05) is 78.9 Å². The maximum absolute atomic E-state index is 14.1. The predicted molar refractivity (Wildman–Crippen MR) is 151 cm³/mol. The van der Waals surface area contributed by atoms with E-state index in [0.29, 0.717) is 25.0 Å². The van der Waals surface area contributed by atoms with E-state index in [4.69, 9.17) is 0 Å². The molecule has 1 aliphatic heterocycles. The van der Waals surface area contributed by atoms with E-state index in [0.717, 1.165) is 34.9 Å². The minimum Gasteiger partial charge on any atom is -0.357 e. The number of rotatable bonds is 9. The molecule has 7 nitrogen and oxygen atoms in total. The van der Waals surface area contributed by atoms with Crippen LogP contribution in [-0.2, 0) is 27.2 Å². The minimum atomic E-state index is -0.778. The molecule has 1 heterocycles. The van der Waals surface area contributed by atoms with Crippen LogP contribution in [0.15, 0.2) is 84.4 Å². The molecule has 0 radical (unpaired) electrons. The molecule has 0 aromatic heterocycles. The lowest BCUT2D eigenvalue weighted by Gasteiger charge is -2.35. The van der Waals surface area contributed by atoms with Crippen LogP contribution in [0.25, 0.3) is 10.8 Å². The van der Waals surface area contributed by atoms with Crippen molar-refractivity contribution in [3.63, 3.8) is 0 Å². The molecular weight excluding hydrogens is 476 g/mol. The Kier molecular flexibility index (Phi) is 8.92. The highest BCUT2D eigenvalue weighted by molar-refractivity contribution is 5.98. The monoisotopic (exact) mass is 512 g/mol. The van der Waals surface area contributed by atoms with Gasteiger partial charge in [0.05, 0.1) is 0 Å². The van der Waals surface area contributed by atoms with E-state index < -0.39 is 12.1 Å². The summed E-state index contributed by atoms with van der Waals surface area (Å²) in [7, 11) is 4.91. The van der Waals surface area contributed by atoms with Crippen LogP contribution in [0.3, 0.4) is 0 Å². The molecule has 198 valence electrons. The van der Waals surface area contributed by atoms with Crippen molar-refractivity contribution < 1.29 is 14.4 Å². The molecule has 2 atom stereocenters. The fourth-order valence-corrected chi connectivity index (χ4v) is 4.95. The van der Waals surface area contributed by atoms with E-state index in [9.17, 15) is 14.4 Å². The summed E-state index contributed by atoms with van der Waals surface area (Å²) < 4.78 is 0. The van der Waals surface area contributed by atoms with Crippen molar-refractivity contribution in [2.75, 3.05) is 34.2 Å². The van der Waals surface area contributed by atoms with E-state index in [-0.39, 0.29) is 17.7 Å². The van der Waals surface area contributed by atoms with Crippen LogP contribution in [0.4, 0.5) is 0 Å². The van der Waals surface area contributed by atoms with E-state index in [2.05, 4.69) is 16.7 Å². The third-order valence-electron chi connectivity index (χ3n) is 7.25. The summed E-state index contributed by atoms with van der Waals surface area (Å²) in [6.45, 7) is 1.31. The zero-order valence-electron chi connectivity index (χ0n) is 22.3. The Labute approximate surface area is 224 Å². The molecule has 38 heavy (non-hydrogen) atoms. The molecule has 0 saturated carbocycles. The third kappa shape index (κ3) is 6.29. The Morgan fingerprint density at radius 1 is 0.842 bits per heavy atom. The molecule has 0 saturated heterocycles. The standard InChI is InChI=1S/C31H36N4O3/c1-32-29(36)27(19-22-10-5-4-6-11-22)34(2)31(38)28(35(3)30(37)26-14-9-17-33-21-26)20-23-15-16-24-12-7-8-13-25(24)18-23/h4-8,10-16,18,27-28,33H,9,17,19-21H2,1-3H3,(H,32,36)/t27-,28-/m1/s1. The van der Waals surface area contributed by atoms with Crippen LogP contribution in [0, 0.1) is 0 Å². The van der Waals surface area contributed by atoms with Gasteiger partial charge in [0, 0.05) is 46.1 Å². The molecule has 4 rings (SSSR count). The van der Waals surface area contributed by atoms with Crippen LogP contribution in [0.5, 0.6) is 0 Å². The number of hydrogen-bond acceptors (Lipinski definition) is 4. The smallest absolute Gasteiger partial charge is 0.251 e. The Balaban J connectivity index is 1.66. The number of nitrogens with one attached hydrogen (secondary N) is 2. The first-order valence-corrected chi connectivity index (χ1v) is 13.1. The highest BCUT2D eigenvalue weighted by atomic mass is 16.2. The summed E-state index contributed by atoms with van der Waals surface area (Å²) >= 11 is 0. The fourth-order valence-electron chi connectivity index (χ4n) is 4.95. The lowest BCUT2D eigenvalue weighted by molar-refractivity contribution is -0.146. The van der Waals surface area contributed by atoms with Gasteiger partial charge >= 0.3 is 0 Å². The van der Waals surface area contributed by atoms with Crippen LogP contribution >= 0.6 is 0 Å². The first-order valence-electron chi connectivity index (χ1n) is 13.1. The van der Waals surface area contributed by atoms with Crippen molar-refractivity contribution in [2.24, 2.45) is 0 Å². The molecule has 3 amide bonds. The van der Waals surface area contributed by atoms with Crippen molar-refractivity contribution in [3.05, 3.63) is 95.6 Å². The molecule has 2 N–H and O–H groups in total. The van der Waals surface area contributed by atoms with Gasteiger partial charge in [-0.2, -0.15) is 0 Å². The predicted octanol–water partition coefficient (Wildman–Crippen LogP) is 2.94. The van der Waals surface area contributed by atoms with Crippen molar-refractivity contribution in [1.82, 2.24) is 20.4 Å². The highest BCUT2D eigenvalue weighted by Crippen LogP contribution is 2.21. The molecule has 0 fully saturated rings. The lowest BCUT2D eigenvalue weighted by atomic mass is 9.98. The number of nitrogens with zero attached hydrogens (tertiary/aromatic N) is 2. The van der Waals surface area contributed by atoms with E-state index in [1.165, 1.54) is 9.80 Å². The molecule has 0 bridgehead atoms. The number of likely N-dealkylation sites (N-methyl/N-ethyl adjacent to an activating group) is 3. The molecular formula is C31H36N4O3. The number of hydrogen-bond donors (Lipinski definition) is 2. The molecule has 1 aliphatic rings. The first kappa shape index (κ1) is 27.1. The number of carbonyl (C=O) groups is 3. The zero-order chi connectivity index (χ0) is 27.1. The average Bonchev–Trinajstić information content (AvgIpc) is 2.97. The second kappa shape index (κ2) is 12.5. The van der Waals surface area contributed by atoms with Crippen LogP contribution in [0.2, 0.25) is 0 Å². The number of amides is 3. The van der Waals surface area contributed by atoms with Crippen molar-refractivity contribution >= 4 is 28.5 Å². The van der Waals surface area contributed by atoms with Gasteiger partial charge in [0.25, 0.3) is 5.91 Å². The third-order valence-corrected chi connectivity index (χ3v) is 7.25. The quantitative estimate of drug-likeness (QED) is 0.462. The van der Waals surface area contributed by atoms with Crippen LogP contribution in [-0.4, -0.2) is 73.8 Å². The largest absolute Gasteiger partial charge is 0.357 e. The number of fused-ring (bicyclic) bond motifs is 1. The summed E-state index contributed by atoms with van der Waals surface area (Å²) in [5.74, 6) is -0.700. The average molecular weight is 513 g/mol. The van der Waals surface area contributed by atoms with Crippen LogP contribution < -0.4 is 10.6 Å². The molecule has 3 aromatic carbocycles. The fraction of sp³-hybridized carbons (Fsp3) is 0.323. The maximum Gasteiger partial charge on any atom is 0.251 e. The zero-order valence-corrected chi connectivity index (χ0v) is 22.3. The van der Waals surface area contributed by atoms with E-state index in [1.54, 1.807) is 21.1 Å². The van der Waals surface area contributed by atoms with Crippen LogP contribution in [0.1, 0.15) is 17.5 Å². The van der Waals surface area contributed by atoms with Crippen molar-refractivity contribution in [3.8, 4) is 0 Å². The SMILES string of the molecule is CNC(=O)[C@@H](Cc1ccccc1)N(C)C(=O)[C@@H](Cc1ccc2ccccc2c1)N(C)C(=O)C1=CCCNC1. The van der Waals surface area contributed by atoms with Crippen molar-refractivity contribution in [1.29, 1.82) is 0 Å². The lowest BCUT2D eigenvalue weighted by Crippen LogP contribution is -2.56.